The summed E-state index contributed by atoms with van der Waals surface area (Å²) in [6.45, 7) is 3.87. The van der Waals surface area contributed by atoms with E-state index in [0.29, 0.717) is 12.3 Å². The van der Waals surface area contributed by atoms with E-state index in [1.807, 2.05) is 4.90 Å². The van der Waals surface area contributed by atoms with Crippen LogP contribution in [0.3, 0.4) is 0 Å². The molecule has 2 rings (SSSR count). The van der Waals surface area contributed by atoms with E-state index >= 15 is 0 Å². The molecule has 17 heavy (non-hydrogen) atoms. The van der Waals surface area contributed by atoms with Crippen LogP contribution in [0.15, 0.2) is 0 Å². The van der Waals surface area contributed by atoms with E-state index in [2.05, 4.69) is 12.2 Å². The molecular weight excluding hydrogens is 236 g/mol. The average molecular weight is 256 g/mol. The second-order valence-electron chi connectivity index (χ2n) is 4.98. The van der Waals surface area contributed by atoms with Crippen LogP contribution in [0, 0.1) is 5.92 Å². The highest BCUT2D eigenvalue weighted by atomic mass is 32.2. The molecule has 2 aliphatic rings. The minimum absolute atomic E-state index is 0.0124. The van der Waals surface area contributed by atoms with Crippen molar-refractivity contribution >= 4 is 23.6 Å². The molecule has 2 atom stereocenters. The summed E-state index contributed by atoms with van der Waals surface area (Å²) in [7, 11) is 0. The minimum atomic E-state index is -0.305. The third kappa shape index (κ3) is 3.37. The number of thioether (sulfide) groups is 1. The van der Waals surface area contributed by atoms with Gasteiger partial charge < -0.3 is 10.2 Å². The average Bonchev–Trinajstić information content (AvgIpc) is 2.53. The Morgan fingerprint density at radius 1 is 1.53 bits per heavy atom. The molecule has 2 heterocycles. The second-order valence-corrected chi connectivity index (χ2v) is 6.13. The van der Waals surface area contributed by atoms with E-state index in [-0.39, 0.29) is 17.9 Å². The molecule has 2 fully saturated rings. The number of carbonyl (C=O) groups excluding carboxylic acids is 2. The number of likely N-dealkylation sites (tertiary alicyclic amines) is 1. The van der Waals surface area contributed by atoms with Gasteiger partial charge in [0.15, 0.2) is 0 Å². The van der Waals surface area contributed by atoms with Crippen LogP contribution in [0.5, 0.6) is 0 Å². The van der Waals surface area contributed by atoms with E-state index in [0.717, 1.165) is 31.0 Å². The Morgan fingerprint density at radius 3 is 3.12 bits per heavy atom. The summed E-state index contributed by atoms with van der Waals surface area (Å²) < 4.78 is 0. The van der Waals surface area contributed by atoms with Gasteiger partial charge in [-0.1, -0.05) is 6.92 Å². The van der Waals surface area contributed by atoms with Crippen molar-refractivity contribution < 1.29 is 9.59 Å². The maximum atomic E-state index is 12.3. The third-order valence-electron chi connectivity index (χ3n) is 3.36. The number of carbonyl (C=O) groups is 2. The van der Waals surface area contributed by atoms with Crippen LogP contribution < -0.4 is 5.32 Å². The topological polar surface area (TPSA) is 49.4 Å². The van der Waals surface area contributed by atoms with Crippen molar-refractivity contribution in [2.24, 2.45) is 5.92 Å². The summed E-state index contributed by atoms with van der Waals surface area (Å²) in [6.07, 6.45) is 2.82. The standard InChI is InChI=1S/C12H20N2O2S/c1-9-3-2-5-14(7-9)12(16)10-8-17-6-4-11(15)13-10/h9-10H,2-8H2,1H3,(H,13,15)/t9-,10-/m1/s1. The van der Waals surface area contributed by atoms with Gasteiger partial charge in [-0.25, -0.2) is 0 Å². The number of nitrogens with zero attached hydrogens (tertiary/aromatic N) is 1. The van der Waals surface area contributed by atoms with Gasteiger partial charge in [-0.2, -0.15) is 11.8 Å². The number of amides is 2. The monoisotopic (exact) mass is 256 g/mol. The molecular formula is C12H20N2O2S. The van der Waals surface area contributed by atoms with Crippen molar-refractivity contribution in [3.05, 3.63) is 0 Å². The molecule has 0 aliphatic carbocycles. The highest BCUT2D eigenvalue weighted by Crippen LogP contribution is 2.18. The van der Waals surface area contributed by atoms with Crippen molar-refractivity contribution in [2.75, 3.05) is 24.6 Å². The number of rotatable bonds is 1. The lowest BCUT2D eigenvalue weighted by Gasteiger charge is -2.33. The first kappa shape index (κ1) is 12.7. The van der Waals surface area contributed by atoms with Crippen LogP contribution in [-0.4, -0.2) is 47.4 Å². The van der Waals surface area contributed by atoms with E-state index in [9.17, 15) is 9.59 Å². The summed E-state index contributed by atoms with van der Waals surface area (Å²) in [5.74, 6) is 2.25. The van der Waals surface area contributed by atoms with E-state index < -0.39 is 0 Å². The SMILES string of the molecule is C[C@@H]1CCCN(C(=O)[C@H]2CSCCC(=O)N2)C1. The Morgan fingerprint density at radius 2 is 2.35 bits per heavy atom. The molecule has 2 aliphatic heterocycles. The van der Waals surface area contributed by atoms with Gasteiger partial charge in [-0.15, -0.1) is 0 Å². The second kappa shape index (κ2) is 5.76. The van der Waals surface area contributed by atoms with Gasteiger partial charge in [-0.3, -0.25) is 9.59 Å². The molecule has 2 saturated heterocycles. The van der Waals surface area contributed by atoms with Crippen LogP contribution in [0.1, 0.15) is 26.2 Å². The summed E-state index contributed by atoms with van der Waals surface area (Å²) >= 11 is 1.69. The predicted octanol–water partition coefficient (Wildman–Crippen LogP) is 0.867. The predicted molar refractivity (Wildman–Crippen MR) is 68.9 cm³/mol. The van der Waals surface area contributed by atoms with Crippen molar-refractivity contribution in [3.8, 4) is 0 Å². The molecule has 0 aromatic carbocycles. The lowest BCUT2D eigenvalue weighted by atomic mass is 10.00. The number of hydrogen-bond donors (Lipinski definition) is 1. The highest BCUT2D eigenvalue weighted by molar-refractivity contribution is 7.99. The number of piperidine rings is 1. The van der Waals surface area contributed by atoms with Gasteiger partial charge in [0, 0.05) is 31.0 Å². The molecule has 0 aromatic heterocycles. The van der Waals surface area contributed by atoms with Crippen LogP contribution in [0.2, 0.25) is 0 Å². The number of hydrogen-bond acceptors (Lipinski definition) is 3. The molecule has 5 heteroatoms. The molecule has 0 bridgehead atoms. The van der Waals surface area contributed by atoms with E-state index in [4.69, 9.17) is 0 Å². The van der Waals surface area contributed by atoms with Gasteiger partial charge in [0.05, 0.1) is 0 Å². The zero-order valence-corrected chi connectivity index (χ0v) is 11.1. The quantitative estimate of drug-likeness (QED) is 0.757. The molecule has 2 amide bonds. The molecule has 0 radical (unpaired) electrons. The van der Waals surface area contributed by atoms with E-state index in [1.165, 1.54) is 6.42 Å². The van der Waals surface area contributed by atoms with Crippen molar-refractivity contribution in [2.45, 2.75) is 32.2 Å². The lowest BCUT2D eigenvalue weighted by Crippen LogP contribution is -2.51. The normalized spacial score (nSPS) is 30.6. The van der Waals surface area contributed by atoms with Crippen LogP contribution >= 0.6 is 11.8 Å². The fourth-order valence-electron chi connectivity index (χ4n) is 2.42. The molecule has 0 saturated carbocycles. The Bertz CT molecular complexity index is 309. The first-order chi connectivity index (χ1) is 8.16. The summed E-state index contributed by atoms with van der Waals surface area (Å²) in [5.41, 5.74) is 0. The summed E-state index contributed by atoms with van der Waals surface area (Å²) in [4.78, 5) is 25.7. The van der Waals surface area contributed by atoms with Crippen LogP contribution in [0.4, 0.5) is 0 Å². The fraction of sp³-hybridized carbons (Fsp3) is 0.833. The van der Waals surface area contributed by atoms with Gasteiger partial charge in [0.1, 0.15) is 6.04 Å². The smallest absolute Gasteiger partial charge is 0.246 e. The molecule has 96 valence electrons. The van der Waals surface area contributed by atoms with Gasteiger partial charge in [0.2, 0.25) is 11.8 Å². The Kier molecular flexibility index (Phi) is 4.31. The van der Waals surface area contributed by atoms with Crippen molar-refractivity contribution in [3.63, 3.8) is 0 Å². The summed E-state index contributed by atoms with van der Waals surface area (Å²) in [5, 5.41) is 2.84. The fourth-order valence-corrected chi connectivity index (χ4v) is 3.38. The van der Waals surface area contributed by atoms with Gasteiger partial charge in [-0.05, 0) is 18.8 Å². The maximum absolute atomic E-state index is 12.3. The zero-order valence-electron chi connectivity index (χ0n) is 10.3. The summed E-state index contributed by atoms with van der Waals surface area (Å²) in [6, 6.07) is -0.305. The Labute approximate surface area is 106 Å². The maximum Gasteiger partial charge on any atom is 0.246 e. The molecule has 4 nitrogen and oxygen atoms in total. The highest BCUT2D eigenvalue weighted by Gasteiger charge is 2.29. The Balaban J connectivity index is 1.95. The molecule has 0 aromatic rings. The Hall–Kier alpha value is -0.710. The zero-order chi connectivity index (χ0) is 12.3. The first-order valence-electron chi connectivity index (χ1n) is 6.32. The minimum Gasteiger partial charge on any atom is -0.343 e. The van der Waals surface area contributed by atoms with Crippen LogP contribution in [0.25, 0.3) is 0 Å². The molecule has 1 N–H and O–H groups in total. The van der Waals surface area contributed by atoms with E-state index in [1.54, 1.807) is 11.8 Å². The lowest BCUT2D eigenvalue weighted by molar-refractivity contribution is -0.137. The molecule has 0 unspecified atom stereocenters. The van der Waals surface area contributed by atoms with Gasteiger partial charge >= 0.3 is 0 Å². The van der Waals surface area contributed by atoms with Gasteiger partial charge in [0.25, 0.3) is 0 Å². The third-order valence-corrected chi connectivity index (χ3v) is 4.42. The van der Waals surface area contributed by atoms with Crippen LogP contribution in [-0.2, 0) is 9.59 Å². The van der Waals surface area contributed by atoms with Crippen molar-refractivity contribution in [1.82, 2.24) is 10.2 Å². The number of nitrogens with one attached hydrogen (secondary N) is 1. The first-order valence-corrected chi connectivity index (χ1v) is 7.48. The molecule has 0 spiro atoms. The largest absolute Gasteiger partial charge is 0.343 e. The van der Waals surface area contributed by atoms with Crippen molar-refractivity contribution in [1.29, 1.82) is 0 Å².